The van der Waals surface area contributed by atoms with Crippen molar-refractivity contribution in [3.05, 3.63) is 0 Å². The average molecular weight is 175 g/mol. The Hall–Kier alpha value is 0.0700. The Kier molecular flexibility index (Phi) is 4.04. The van der Waals surface area contributed by atoms with Crippen molar-refractivity contribution in [1.29, 1.82) is 4.78 Å². The number of piperidine rings is 1. The topological polar surface area (TPSA) is 53.1 Å². The Morgan fingerprint density at radius 2 is 1.91 bits per heavy atom. The zero-order valence-corrected chi connectivity index (χ0v) is 7.70. The average Bonchev–Trinajstić information content (AvgIpc) is 2.03. The summed E-state index contributed by atoms with van der Waals surface area (Å²) in [5.41, 5.74) is 0. The van der Waals surface area contributed by atoms with Crippen LogP contribution in [0.4, 0.5) is 0 Å². The molecule has 1 aliphatic rings. The Labute approximate surface area is 71.0 Å². The maximum atomic E-state index is 7.18. The van der Waals surface area contributed by atoms with Gasteiger partial charge < -0.3 is 4.90 Å². The lowest BCUT2D eigenvalue weighted by atomic mass is 10.1. The molecule has 3 N–H and O–H groups in total. The largest absolute Gasteiger partial charge is 0.302 e. The molecule has 1 aliphatic heterocycles. The van der Waals surface area contributed by atoms with Gasteiger partial charge in [-0.2, -0.15) is 0 Å². The minimum Gasteiger partial charge on any atom is -0.302 e. The van der Waals surface area contributed by atoms with Crippen molar-refractivity contribution in [1.82, 2.24) is 4.90 Å². The van der Waals surface area contributed by atoms with Crippen LogP contribution in [-0.4, -0.2) is 30.3 Å². The second-order valence-corrected chi connectivity index (χ2v) is 4.30. The van der Waals surface area contributed by atoms with Gasteiger partial charge in [0.2, 0.25) is 0 Å². The highest BCUT2D eigenvalue weighted by molar-refractivity contribution is 7.83. The quantitative estimate of drug-likeness (QED) is 0.664. The molecule has 1 saturated heterocycles. The number of nitrogens with one attached hydrogen (secondary N) is 1. The molecule has 1 atom stereocenters. The Morgan fingerprint density at radius 3 is 2.45 bits per heavy atom. The monoisotopic (exact) mass is 175 g/mol. The van der Waals surface area contributed by atoms with Gasteiger partial charge in [-0.15, -0.1) is 0 Å². The van der Waals surface area contributed by atoms with E-state index in [0.29, 0.717) is 0 Å². The molecular weight excluding hydrogens is 158 g/mol. The van der Waals surface area contributed by atoms with Crippen LogP contribution in [0.2, 0.25) is 0 Å². The lowest BCUT2D eigenvalue weighted by Gasteiger charge is -2.25. The van der Waals surface area contributed by atoms with E-state index in [2.05, 4.69) is 4.90 Å². The third kappa shape index (κ3) is 3.84. The van der Waals surface area contributed by atoms with Crippen molar-refractivity contribution in [2.24, 2.45) is 5.14 Å². The summed E-state index contributed by atoms with van der Waals surface area (Å²) in [5, 5.41) is 5.38. The number of rotatable bonds is 3. The van der Waals surface area contributed by atoms with E-state index in [4.69, 9.17) is 9.92 Å². The molecule has 0 aromatic rings. The van der Waals surface area contributed by atoms with Crippen LogP contribution in [0.15, 0.2) is 0 Å². The number of hydrogen-bond acceptors (Lipinski definition) is 2. The number of nitrogens with two attached hydrogens (primary N) is 1. The number of hydrogen-bond donors (Lipinski definition) is 2. The first-order valence-electron chi connectivity index (χ1n) is 4.18. The maximum Gasteiger partial charge on any atom is 0.0302 e. The summed E-state index contributed by atoms with van der Waals surface area (Å²) in [4.78, 5) is 2.42. The molecule has 1 heterocycles. The van der Waals surface area contributed by atoms with Crippen molar-refractivity contribution in [3.8, 4) is 0 Å². The van der Waals surface area contributed by atoms with Gasteiger partial charge in [0.15, 0.2) is 0 Å². The van der Waals surface area contributed by atoms with E-state index >= 15 is 0 Å². The summed E-state index contributed by atoms with van der Waals surface area (Å²) in [6.45, 7) is 3.47. The van der Waals surface area contributed by atoms with Crippen LogP contribution in [0, 0.1) is 4.78 Å². The molecule has 0 aromatic heterocycles. The van der Waals surface area contributed by atoms with Crippen molar-refractivity contribution in [2.75, 3.05) is 25.4 Å². The highest BCUT2D eigenvalue weighted by Crippen LogP contribution is 2.07. The zero-order valence-electron chi connectivity index (χ0n) is 6.88. The fourth-order valence-electron chi connectivity index (χ4n) is 1.41. The van der Waals surface area contributed by atoms with Gasteiger partial charge in [0, 0.05) is 12.3 Å². The van der Waals surface area contributed by atoms with Gasteiger partial charge in [0.1, 0.15) is 0 Å². The van der Waals surface area contributed by atoms with E-state index in [1.54, 1.807) is 0 Å². The first kappa shape index (κ1) is 9.16. The second kappa shape index (κ2) is 4.85. The predicted molar refractivity (Wildman–Crippen MR) is 49.4 cm³/mol. The van der Waals surface area contributed by atoms with Gasteiger partial charge in [-0.1, -0.05) is 6.42 Å². The van der Waals surface area contributed by atoms with Crippen LogP contribution in [0.5, 0.6) is 0 Å². The van der Waals surface area contributed by atoms with Crippen LogP contribution < -0.4 is 5.14 Å². The van der Waals surface area contributed by atoms with E-state index in [1.165, 1.54) is 32.4 Å². The normalized spacial score (nSPS) is 23.4. The molecule has 1 fully saturated rings. The molecule has 0 radical (unpaired) electrons. The van der Waals surface area contributed by atoms with Crippen molar-refractivity contribution < 1.29 is 0 Å². The third-order valence-corrected chi connectivity index (χ3v) is 2.70. The molecule has 1 unspecified atom stereocenters. The summed E-state index contributed by atoms with van der Waals surface area (Å²) < 4.78 is 7.18. The van der Waals surface area contributed by atoms with Crippen molar-refractivity contribution in [2.45, 2.75) is 19.3 Å². The number of likely N-dealkylation sites (tertiary alicyclic amines) is 1. The highest BCUT2D eigenvalue weighted by atomic mass is 32.2. The minimum atomic E-state index is -0.609. The van der Waals surface area contributed by atoms with Gasteiger partial charge in [-0.05, 0) is 36.8 Å². The zero-order chi connectivity index (χ0) is 8.10. The molecule has 0 saturated carbocycles. The van der Waals surface area contributed by atoms with Crippen LogP contribution in [0.3, 0.4) is 0 Å². The maximum absolute atomic E-state index is 7.18. The number of nitrogens with zero attached hydrogens (tertiary/aromatic N) is 1. The lowest BCUT2D eigenvalue weighted by Crippen LogP contribution is -2.33. The summed E-state index contributed by atoms with van der Waals surface area (Å²) >= 11 is 0. The van der Waals surface area contributed by atoms with Crippen LogP contribution >= 0.6 is 0 Å². The van der Waals surface area contributed by atoms with Gasteiger partial charge in [0.25, 0.3) is 0 Å². The molecule has 0 amide bonds. The Balaban J connectivity index is 2.09. The molecule has 0 spiro atoms. The summed E-state index contributed by atoms with van der Waals surface area (Å²) in [6, 6.07) is 0. The third-order valence-electron chi connectivity index (χ3n) is 2.08. The predicted octanol–water partition coefficient (Wildman–Crippen LogP) is 0.727. The first-order chi connectivity index (χ1) is 5.29. The highest BCUT2D eigenvalue weighted by Gasteiger charge is 2.08. The van der Waals surface area contributed by atoms with Crippen LogP contribution in [-0.2, 0) is 10.9 Å². The minimum absolute atomic E-state index is 0.609. The van der Waals surface area contributed by atoms with Crippen molar-refractivity contribution >= 4 is 10.9 Å². The van der Waals surface area contributed by atoms with Crippen LogP contribution in [0.25, 0.3) is 0 Å². The van der Waals surface area contributed by atoms with E-state index in [-0.39, 0.29) is 0 Å². The summed E-state index contributed by atoms with van der Waals surface area (Å²) in [6.07, 6.45) is 4.04. The fourth-order valence-corrected chi connectivity index (χ4v) is 1.87. The van der Waals surface area contributed by atoms with Crippen LogP contribution in [0.1, 0.15) is 19.3 Å². The standard InChI is InChI=1S/C7H17N3S/c8-11(9)7-6-10-4-2-1-3-5-10/h1-7H2,(H3,8,9). The molecule has 3 nitrogen and oxygen atoms in total. The summed E-state index contributed by atoms with van der Waals surface area (Å²) in [5.74, 6) is 0.847. The van der Waals surface area contributed by atoms with Crippen molar-refractivity contribution in [3.63, 3.8) is 0 Å². The van der Waals surface area contributed by atoms with Gasteiger partial charge in [-0.25, -0.2) is 0 Å². The van der Waals surface area contributed by atoms with Gasteiger partial charge in [0.05, 0.1) is 0 Å². The molecule has 4 heteroatoms. The van der Waals surface area contributed by atoms with Gasteiger partial charge >= 0.3 is 0 Å². The van der Waals surface area contributed by atoms with E-state index in [1.807, 2.05) is 0 Å². The lowest BCUT2D eigenvalue weighted by molar-refractivity contribution is 0.242. The molecule has 0 aliphatic carbocycles. The molecule has 0 bridgehead atoms. The fraction of sp³-hybridized carbons (Fsp3) is 1.00. The second-order valence-electron chi connectivity index (χ2n) is 3.04. The Morgan fingerprint density at radius 1 is 1.27 bits per heavy atom. The van der Waals surface area contributed by atoms with E-state index in [0.717, 1.165) is 12.3 Å². The summed E-state index contributed by atoms with van der Waals surface area (Å²) in [7, 11) is -0.609. The molecule has 1 rings (SSSR count). The molecular formula is C7H17N3S. The molecule has 66 valence electrons. The SMILES string of the molecule is N=S(N)CCN1CCCCC1. The first-order valence-corrected chi connectivity index (χ1v) is 5.63. The van der Waals surface area contributed by atoms with Gasteiger partial charge in [-0.3, -0.25) is 9.92 Å². The molecule has 0 aromatic carbocycles. The Bertz CT molecular complexity index is 132. The smallest absolute Gasteiger partial charge is 0.0302 e. The molecule has 11 heavy (non-hydrogen) atoms. The van der Waals surface area contributed by atoms with E-state index in [9.17, 15) is 0 Å². The van der Waals surface area contributed by atoms with E-state index < -0.39 is 10.9 Å².